The van der Waals surface area contributed by atoms with E-state index < -0.39 is 0 Å². The normalized spacial score (nSPS) is 26.6. The van der Waals surface area contributed by atoms with E-state index in [0.717, 1.165) is 19.3 Å². The predicted octanol–water partition coefficient (Wildman–Crippen LogP) is 1.91. The second kappa shape index (κ2) is 4.52. The van der Waals surface area contributed by atoms with Crippen LogP contribution in [0.15, 0.2) is 0 Å². The van der Waals surface area contributed by atoms with E-state index in [2.05, 4.69) is 6.07 Å². The molecule has 0 aromatic carbocycles. The van der Waals surface area contributed by atoms with Crippen molar-refractivity contribution in [3.8, 4) is 6.07 Å². The summed E-state index contributed by atoms with van der Waals surface area (Å²) >= 11 is 0. The molecule has 82 valence electrons. The van der Waals surface area contributed by atoms with Crippen LogP contribution in [0.5, 0.6) is 0 Å². The van der Waals surface area contributed by atoms with Crippen molar-refractivity contribution >= 4 is 6.09 Å². The number of ether oxygens (including phenoxy) is 1. The Labute approximate surface area is 89.8 Å². The van der Waals surface area contributed by atoms with Gasteiger partial charge < -0.3 is 9.64 Å². The zero-order valence-corrected chi connectivity index (χ0v) is 8.82. The zero-order chi connectivity index (χ0) is 10.7. The Kier molecular flexibility index (Phi) is 3.10. The van der Waals surface area contributed by atoms with Crippen molar-refractivity contribution in [1.82, 2.24) is 4.90 Å². The van der Waals surface area contributed by atoms with E-state index in [1.54, 1.807) is 4.90 Å². The first-order valence-corrected chi connectivity index (χ1v) is 5.65. The molecule has 1 saturated carbocycles. The number of carbonyl (C=O) groups is 1. The molecule has 0 bridgehead atoms. The molecule has 1 unspecified atom stereocenters. The Hall–Kier alpha value is -1.24. The van der Waals surface area contributed by atoms with Gasteiger partial charge in [0.05, 0.1) is 12.0 Å². The third-order valence-electron chi connectivity index (χ3n) is 3.20. The summed E-state index contributed by atoms with van der Waals surface area (Å²) in [5, 5.41) is 8.72. The van der Waals surface area contributed by atoms with Gasteiger partial charge in [-0.05, 0) is 32.1 Å². The zero-order valence-electron chi connectivity index (χ0n) is 8.82. The predicted molar refractivity (Wildman–Crippen MR) is 54.0 cm³/mol. The summed E-state index contributed by atoms with van der Waals surface area (Å²) in [6.45, 7) is 1.21. The molecular weight excluding hydrogens is 192 g/mol. The first-order valence-electron chi connectivity index (χ1n) is 5.65. The maximum absolute atomic E-state index is 11.7. The second-order valence-corrected chi connectivity index (χ2v) is 4.35. The van der Waals surface area contributed by atoms with Gasteiger partial charge in [0.2, 0.25) is 0 Å². The molecule has 1 amide bonds. The smallest absolute Gasteiger partial charge is 0.410 e. The summed E-state index contributed by atoms with van der Waals surface area (Å²) in [6.07, 6.45) is 5.02. The molecule has 1 aliphatic carbocycles. The van der Waals surface area contributed by atoms with E-state index in [1.807, 2.05) is 0 Å². The van der Waals surface area contributed by atoms with Gasteiger partial charge in [0.25, 0.3) is 0 Å². The maximum atomic E-state index is 11.7. The molecule has 1 aliphatic heterocycles. The molecule has 0 N–H and O–H groups in total. The average Bonchev–Trinajstić information content (AvgIpc) is 2.86. The summed E-state index contributed by atoms with van der Waals surface area (Å²) in [5.74, 6) is 0.00104. The molecule has 15 heavy (non-hydrogen) atoms. The lowest BCUT2D eigenvalue weighted by Crippen LogP contribution is -2.31. The first-order chi connectivity index (χ1) is 7.29. The number of hydrogen-bond donors (Lipinski definition) is 0. The molecule has 1 saturated heterocycles. The van der Waals surface area contributed by atoms with Crippen molar-refractivity contribution in [3.05, 3.63) is 0 Å². The third-order valence-corrected chi connectivity index (χ3v) is 3.20. The molecule has 1 heterocycles. The minimum atomic E-state index is -0.223. The standard InChI is InChI=1S/C11H16N2O2/c12-7-9-5-6-13(8-9)11(14)15-10-3-1-2-4-10/h9-10H,1-6,8H2. The first kappa shape index (κ1) is 10.3. The van der Waals surface area contributed by atoms with E-state index in [0.29, 0.717) is 13.1 Å². The molecule has 2 rings (SSSR count). The molecule has 2 aliphatic rings. The molecular formula is C11H16N2O2. The average molecular weight is 208 g/mol. The lowest BCUT2D eigenvalue weighted by atomic mass is 10.1. The van der Waals surface area contributed by atoms with Crippen molar-refractivity contribution in [2.45, 2.75) is 38.2 Å². The van der Waals surface area contributed by atoms with Crippen LogP contribution in [-0.4, -0.2) is 30.2 Å². The van der Waals surface area contributed by atoms with Gasteiger partial charge in [-0.3, -0.25) is 0 Å². The topological polar surface area (TPSA) is 53.3 Å². The minimum absolute atomic E-state index is 0.00104. The van der Waals surface area contributed by atoms with E-state index in [1.165, 1.54) is 12.8 Å². The largest absolute Gasteiger partial charge is 0.446 e. The van der Waals surface area contributed by atoms with Crippen molar-refractivity contribution in [2.75, 3.05) is 13.1 Å². The summed E-state index contributed by atoms with van der Waals surface area (Å²) < 4.78 is 5.37. The number of likely N-dealkylation sites (tertiary alicyclic amines) is 1. The number of hydrogen-bond acceptors (Lipinski definition) is 3. The van der Waals surface area contributed by atoms with Crippen LogP contribution in [0, 0.1) is 17.2 Å². The monoisotopic (exact) mass is 208 g/mol. The highest BCUT2D eigenvalue weighted by molar-refractivity contribution is 5.68. The van der Waals surface area contributed by atoms with Crippen LogP contribution in [0.2, 0.25) is 0 Å². The minimum Gasteiger partial charge on any atom is -0.446 e. The van der Waals surface area contributed by atoms with Gasteiger partial charge in [0.15, 0.2) is 0 Å². The highest BCUT2D eigenvalue weighted by atomic mass is 16.6. The fraction of sp³-hybridized carbons (Fsp3) is 0.818. The van der Waals surface area contributed by atoms with Gasteiger partial charge in [-0.25, -0.2) is 4.79 Å². The van der Waals surface area contributed by atoms with Crippen LogP contribution in [0.25, 0.3) is 0 Å². The van der Waals surface area contributed by atoms with Crippen molar-refractivity contribution in [1.29, 1.82) is 5.26 Å². The van der Waals surface area contributed by atoms with Crippen LogP contribution < -0.4 is 0 Å². The van der Waals surface area contributed by atoms with Gasteiger partial charge >= 0.3 is 6.09 Å². The number of amides is 1. The van der Waals surface area contributed by atoms with Crippen LogP contribution >= 0.6 is 0 Å². The third kappa shape index (κ3) is 2.41. The van der Waals surface area contributed by atoms with Crippen LogP contribution in [-0.2, 0) is 4.74 Å². The molecule has 0 radical (unpaired) electrons. The Balaban J connectivity index is 1.79. The molecule has 0 aromatic rings. The molecule has 4 nitrogen and oxygen atoms in total. The van der Waals surface area contributed by atoms with Crippen molar-refractivity contribution < 1.29 is 9.53 Å². The Morgan fingerprint density at radius 3 is 2.67 bits per heavy atom. The van der Waals surface area contributed by atoms with E-state index in [-0.39, 0.29) is 18.1 Å². The summed E-state index contributed by atoms with van der Waals surface area (Å²) in [5.41, 5.74) is 0. The molecule has 2 fully saturated rings. The van der Waals surface area contributed by atoms with E-state index >= 15 is 0 Å². The van der Waals surface area contributed by atoms with Crippen LogP contribution in [0.4, 0.5) is 4.79 Å². The SMILES string of the molecule is N#CC1CCN(C(=O)OC2CCCC2)C1. The van der Waals surface area contributed by atoms with Gasteiger partial charge in [-0.15, -0.1) is 0 Å². The molecule has 4 heteroatoms. The van der Waals surface area contributed by atoms with Gasteiger partial charge in [0.1, 0.15) is 6.10 Å². The molecule has 0 aromatic heterocycles. The maximum Gasteiger partial charge on any atom is 0.410 e. The highest BCUT2D eigenvalue weighted by Gasteiger charge is 2.29. The quantitative estimate of drug-likeness (QED) is 0.661. The van der Waals surface area contributed by atoms with Crippen LogP contribution in [0.1, 0.15) is 32.1 Å². The highest BCUT2D eigenvalue weighted by Crippen LogP contribution is 2.23. The summed E-state index contributed by atoms with van der Waals surface area (Å²) in [7, 11) is 0. The molecule has 1 atom stereocenters. The second-order valence-electron chi connectivity index (χ2n) is 4.35. The lowest BCUT2D eigenvalue weighted by molar-refractivity contribution is 0.0711. The van der Waals surface area contributed by atoms with Crippen LogP contribution in [0.3, 0.4) is 0 Å². The fourth-order valence-corrected chi connectivity index (χ4v) is 2.25. The molecule has 0 spiro atoms. The summed E-state index contributed by atoms with van der Waals surface area (Å²) in [4.78, 5) is 13.3. The van der Waals surface area contributed by atoms with Gasteiger partial charge in [0, 0.05) is 13.1 Å². The van der Waals surface area contributed by atoms with Gasteiger partial charge in [-0.1, -0.05) is 0 Å². The summed E-state index contributed by atoms with van der Waals surface area (Å²) in [6, 6.07) is 2.19. The Morgan fingerprint density at radius 1 is 1.33 bits per heavy atom. The van der Waals surface area contributed by atoms with Crippen molar-refractivity contribution in [2.24, 2.45) is 5.92 Å². The fourth-order valence-electron chi connectivity index (χ4n) is 2.25. The Bertz CT molecular complexity index is 279. The number of rotatable bonds is 1. The number of nitrogens with zero attached hydrogens (tertiary/aromatic N) is 2. The lowest BCUT2D eigenvalue weighted by Gasteiger charge is -2.18. The van der Waals surface area contributed by atoms with E-state index in [9.17, 15) is 4.79 Å². The number of nitriles is 1. The van der Waals surface area contributed by atoms with Gasteiger partial charge in [-0.2, -0.15) is 5.26 Å². The van der Waals surface area contributed by atoms with Crippen molar-refractivity contribution in [3.63, 3.8) is 0 Å². The number of carbonyl (C=O) groups excluding carboxylic acids is 1. The van der Waals surface area contributed by atoms with E-state index in [4.69, 9.17) is 10.00 Å². The Morgan fingerprint density at radius 2 is 2.07 bits per heavy atom.